The summed E-state index contributed by atoms with van der Waals surface area (Å²) in [5.41, 5.74) is 4.51. The smallest absolute Gasteiger partial charge is 0.239 e. The van der Waals surface area contributed by atoms with Gasteiger partial charge in [0, 0.05) is 13.5 Å². The fraction of sp³-hybridized carbons (Fsp3) is 0.857. The van der Waals surface area contributed by atoms with E-state index in [0.717, 1.165) is 4.31 Å². The van der Waals surface area contributed by atoms with Crippen LogP contribution >= 0.6 is 0 Å². The molecule has 0 aromatic heterocycles. The number of hydrogen-bond donors (Lipinski definition) is 1. The molecule has 1 aliphatic rings. The van der Waals surface area contributed by atoms with Gasteiger partial charge < -0.3 is 5.73 Å². The Morgan fingerprint density at radius 1 is 1.71 bits per heavy atom. The van der Waals surface area contributed by atoms with E-state index in [4.69, 9.17) is 5.73 Å². The molecule has 1 rings (SSSR count). The van der Waals surface area contributed by atoms with Gasteiger partial charge in [-0.25, -0.2) is 17.7 Å². The molecule has 0 saturated heterocycles. The van der Waals surface area contributed by atoms with Crippen molar-refractivity contribution in [3.63, 3.8) is 0 Å². The van der Waals surface area contributed by atoms with E-state index in [0.29, 0.717) is 0 Å². The number of rotatable bonds is 2. The summed E-state index contributed by atoms with van der Waals surface area (Å²) in [6.45, 7) is 0.983. The van der Waals surface area contributed by atoms with E-state index < -0.39 is 22.2 Å². The lowest BCUT2D eigenvalue weighted by atomic mass is 10.0. The minimum Gasteiger partial charge on any atom is -0.369 e. The quantitative estimate of drug-likeness (QED) is 0.698. The van der Waals surface area contributed by atoms with E-state index in [1.165, 1.54) is 7.05 Å². The number of alkyl halides is 1. The summed E-state index contributed by atoms with van der Waals surface area (Å²) in [4.78, 5) is 3.98. The maximum atomic E-state index is 12.2. The summed E-state index contributed by atoms with van der Waals surface area (Å²) < 4.78 is 36.2. The highest BCUT2D eigenvalue weighted by atomic mass is 32.2. The largest absolute Gasteiger partial charge is 0.369 e. The van der Waals surface area contributed by atoms with Gasteiger partial charge in [-0.15, -0.1) is 0 Å². The van der Waals surface area contributed by atoms with Gasteiger partial charge in [-0.2, -0.15) is 0 Å². The van der Waals surface area contributed by atoms with Crippen molar-refractivity contribution in [3.8, 4) is 0 Å². The maximum Gasteiger partial charge on any atom is 0.239 e. The van der Waals surface area contributed by atoms with Gasteiger partial charge >= 0.3 is 0 Å². The second kappa shape index (κ2) is 3.38. The molecule has 0 spiro atoms. The fourth-order valence-corrected chi connectivity index (χ4v) is 2.86. The zero-order valence-electron chi connectivity index (χ0n) is 8.20. The summed E-state index contributed by atoms with van der Waals surface area (Å²) in [6, 6.07) is 0. The van der Waals surface area contributed by atoms with Gasteiger partial charge in [0.25, 0.3) is 0 Å². The zero-order chi connectivity index (χ0) is 11.0. The molecule has 1 aliphatic heterocycles. The van der Waals surface area contributed by atoms with Crippen LogP contribution in [0.15, 0.2) is 4.99 Å². The van der Waals surface area contributed by atoms with Crippen molar-refractivity contribution < 1.29 is 12.8 Å². The lowest BCUT2D eigenvalue weighted by molar-refractivity contribution is 0.369. The first-order valence-corrected chi connectivity index (χ1v) is 5.79. The third-order valence-corrected chi connectivity index (χ3v) is 4.26. The van der Waals surface area contributed by atoms with E-state index in [9.17, 15) is 12.8 Å². The van der Waals surface area contributed by atoms with Crippen molar-refractivity contribution in [2.75, 3.05) is 19.5 Å². The first kappa shape index (κ1) is 11.2. The van der Waals surface area contributed by atoms with Gasteiger partial charge in [0.15, 0.2) is 0 Å². The molecule has 0 aliphatic carbocycles. The van der Waals surface area contributed by atoms with Crippen molar-refractivity contribution in [2.45, 2.75) is 18.9 Å². The Hall–Kier alpha value is -0.850. The number of hydrogen-bond acceptors (Lipinski definition) is 4. The van der Waals surface area contributed by atoms with Crippen molar-refractivity contribution in [1.82, 2.24) is 4.31 Å². The SMILES string of the molecule is CN1C(N)=NC(C)(CCF)CS1(=O)=O. The number of halogens is 1. The van der Waals surface area contributed by atoms with E-state index in [1.54, 1.807) is 6.92 Å². The molecule has 1 heterocycles. The molecule has 0 amide bonds. The van der Waals surface area contributed by atoms with Crippen LogP contribution in [-0.2, 0) is 10.0 Å². The van der Waals surface area contributed by atoms with Crippen LogP contribution in [0, 0.1) is 0 Å². The third-order valence-electron chi connectivity index (χ3n) is 2.25. The molecule has 0 aromatic rings. The predicted octanol–water partition coefficient (Wildman–Crippen LogP) is -0.305. The van der Waals surface area contributed by atoms with Crippen molar-refractivity contribution in [1.29, 1.82) is 0 Å². The molecule has 5 nitrogen and oxygen atoms in total. The van der Waals surface area contributed by atoms with Crippen LogP contribution in [0.4, 0.5) is 4.39 Å². The highest BCUT2D eigenvalue weighted by molar-refractivity contribution is 7.89. The predicted molar refractivity (Wildman–Crippen MR) is 52.2 cm³/mol. The molecular formula is C7H14FN3O2S. The van der Waals surface area contributed by atoms with Gasteiger partial charge in [-0.1, -0.05) is 0 Å². The minimum atomic E-state index is -3.43. The van der Waals surface area contributed by atoms with Gasteiger partial charge in [0.1, 0.15) is 0 Å². The Labute approximate surface area is 82.8 Å². The van der Waals surface area contributed by atoms with Crippen LogP contribution in [0.25, 0.3) is 0 Å². The summed E-state index contributed by atoms with van der Waals surface area (Å²) in [5.74, 6) is -0.270. The van der Waals surface area contributed by atoms with Crippen LogP contribution < -0.4 is 5.73 Å². The molecule has 0 bridgehead atoms. The number of nitrogens with zero attached hydrogens (tertiary/aromatic N) is 2. The molecule has 14 heavy (non-hydrogen) atoms. The number of nitrogens with two attached hydrogens (primary N) is 1. The van der Waals surface area contributed by atoms with Gasteiger partial charge in [-0.05, 0) is 6.92 Å². The van der Waals surface area contributed by atoms with Gasteiger partial charge in [0.05, 0.1) is 18.0 Å². The molecule has 82 valence electrons. The number of guanidine groups is 1. The van der Waals surface area contributed by atoms with E-state index in [1.807, 2.05) is 0 Å². The van der Waals surface area contributed by atoms with Crippen LogP contribution in [-0.4, -0.2) is 43.7 Å². The molecule has 1 atom stereocenters. The average molecular weight is 223 g/mol. The Bertz CT molecular complexity index is 354. The summed E-state index contributed by atoms with van der Waals surface area (Å²) in [5, 5.41) is 0. The first-order chi connectivity index (χ1) is 6.31. The van der Waals surface area contributed by atoms with E-state index in [2.05, 4.69) is 4.99 Å². The van der Waals surface area contributed by atoms with Crippen molar-refractivity contribution >= 4 is 16.0 Å². The standard InChI is InChI=1S/C7H14FN3O2S/c1-7(3-4-8)5-14(12,13)11(2)6(9)10-7/h3-5H2,1-2H3,(H2,9,10). The lowest BCUT2D eigenvalue weighted by Gasteiger charge is -2.33. The van der Waals surface area contributed by atoms with Crippen LogP contribution in [0.5, 0.6) is 0 Å². The molecule has 0 saturated carbocycles. The monoisotopic (exact) mass is 223 g/mol. The van der Waals surface area contributed by atoms with Gasteiger partial charge in [-0.3, -0.25) is 4.39 Å². The highest BCUT2D eigenvalue weighted by Gasteiger charge is 2.38. The third kappa shape index (κ3) is 1.97. The summed E-state index contributed by atoms with van der Waals surface area (Å²) in [7, 11) is -2.09. The molecule has 0 radical (unpaired) electrons. The Balaban J connectivity index is 3.07. The average Bonchev–Trinajstić information content (AvgIpc) is 1.99. The topological polar surface area (TPSA) is 75.8 Å². The summed E-state index contributed by atoms with van der Waals surface area (Å²) in [6.07, 6.45) is 0.0702. The second-order valence-electron chi connectivity index (χ2n) is 3.63. The van der Waals surface area contributed by atoms with E-state index >= 15 is 0 Å². The molecule has 2 N–H and O–H groups in total. The molecule has 0 aromatic carbocycles. The Morgan fingerprint density at radius 3 is 2.71 bits per heavy atom. The first-order valence-electron chi connectivity index (χ1n) is 4.19. The zero-order valence-corrected chi connectivity index (χ0v) is 9.01. The molecule has 7 heteroatoms. The summed E-state index contributed by atoms with van der Waals surface area (Å²) >= 11 is 0. The van der Waals surface area contributed by atoms with Crippen molar-refractivity contribution in [2.24, 2.45) is 10.7 Å². The number of sulfonamides is 1. The van der Waals surface area contributed by atoms with Crippen LogP contribution in [0.3, 0.4) is 0 Å². The Kier molecular flexibility index (Phi) is 2.71. The maximum absolute atomic E-state index is 12.2. The minimum absolute atomic E-state index is 0.0702. The molecule has 1 unspecified atom stereocenters. The number of aliphatic imine (C=N–C) groups is 1. The fourth-order valence-electron chi connectivity index (χ4n) is 1.34. The van der Waals surface area contributed by atoms with E-state index in [-0.39, 0.29) is 18.1 Å². The molecular weight excluding hydrogens is 209 g/mol. The lowest BCUT2D eigenvalue weighted by Crippen LogP contribution is -2.51. The molecule has 0 fully saturated rings. The Morgan fingerprint density at radius 2 is 2.29 bits per heavy atom. The van der Waals surface area contributed by atoms with Crippen LogP contribution in [0.2, 0.25) is 0 Å². The van der Waals surface area contributed by atoms with Crippen molar-refractivity contribution in [3.05, 3.63) is 0 Å². The van der Waals surface area contributed by atoms with Crippen LogP contribution in [0.1, 0.15) is 13.3 Å². The normalized spacial score (nSPS) is 31.4. The second-order valence-corrected chi connectivity index (χ2v) is 5.63. The van der Waals surface area contributed by atoms with Gasteiger partial charge in [0.2, 0.25) is 16.0 Å². The highest BCUT2D eigenvalue weighted by Crippen LogP contribution is 2.24.